The Morgan fingerprint density at radius 1 is 1.00 bits per heavy atom. The van der Waals surface area contributed by atoms with Gasteiger partial charge in [0.25, 0.3) is 0 Å². The van der Waals surface area contributed by atoms with Crippen LogP contribution in [-0.4, -0.2) is 13.0 Å². The van der Waals surface area contributed by atoms with Gasteiger partial charge in [0.05, 0.1) is 19.6 Å². The van der Waals surface area contributed by atoms with Crippen LogP contribution in [0.15, 0.2) is 48.5 Å². The molecule has 2 aromatic carbocycles. The number of rotatable bonds is 7. The molecule has 0 aliphatic carbocycles. The van der Waals surface area contributed by atoms with E-state index in [1.54, 1.807) is 7.11 Å². The summed E-state index contributed by atoms with van der Waals surface area (Å²) in [5.41, 5.74) is 3.44. The predicted molar refractivity (Wildman–Crippen MR) is 93.7 cm³/mol. The van der Waals surface area contributed by atoms with Crippen molar-refractivity contribution in [2.24, 2.45) is 0 Å². The van der Waals surface area contributed by atoms with Crippen LogP contribution in [0, 0.1) is 0 Å². The summed E-state index contributed by atoms with van der Waals surface area (Å²) in [6, 6.07) is 16.1. The lowest BCUT2D eigenvalue weighted by Crippen LogP contribution is -2.29. The Kier molecular flexibility index (Phi) is 6.21. The lowest BCUT2D eigenvalue weighted by molar-refractivity contribution is -0.121. The van der Waals surface area contributed by atoms with E-state index in [0.717, 1.165) is 29.7 Å². The van der Waals surface area contributed by atoms with Gasteiger partial charge >= 0.3 is 0 Å². The van der Waals surface area contributed by atoms with Gasteiger partial charge in [-0.05, 0) is 41.7 Å². The average Bonchev–Trinajstić information content (AvgIpc) is 2.60. The van der Waals surface area contributed by atoms with E-state index in [9.17, 15) is 4.79 Å². The summed E-state index contributed by atoms with van der Waals surface area (Å²) in [7, 11) is 1.65. The molecule has 2 aromatic rings. The number of methoxy groups -OCH3 is 1. The minimum Gasteiger partial charge on any atom is -0.497 e. The van der Waals surface area contributed by atoms with Crippen molar-refractivity contribution >= 4 is 5.91 Å². The quantitative estimate of drug-likeness (QED) is 0.837. The molecule has 0 radical (unpaired) electrons. The van der Waals surface area contributed by atoms with Gasteiger partial charge in [0, 0.05) is 0 Å². The monoisotopic (exact) mass is 311 g/mol. The van der Waals surface area contributed by atoms with Gasteiger partial charge in [-0.25, -0.2) is 0 Å². The molecule has 0 saturated carbocycles. The maximum atomic E-state index is 12.3. The molecule has 0 heterocycles. The first-order valence-electron chi connectivity index (χ1n) is 8.17. The zero-order valence-corrected chi connectivity index (χ0v) is 14.1. The number of amides is 1. The van der Waals surface area contributed by atoms with Crippen molar-refractivity contribution < 1.29 is 9.53 Å². The minimum atomic E-state index is 0.0309. The van der Waals surface area contributed by atoms with Crippen molar-refractivity contribution in [2.75, 3.05) is 7.11 Å². The second-order valence-electron chi connectivity index (χ2n) is 5.65. The maximum Gasteiger partial charge on any atom is 0.224 e. The van der Waals surface area contributed by atoms with Gasteiger partial charge in [-0.2, -0.15) is 0 Å². The molecule has 3 heteroatoms. The minimum absolute atomic E-state index is 0.0309. The zero-order valence-electron chi connectivity index (χ0n) is 14.1. The van der Waals surface area contributed by atoms with Crippen LogP contribution in [0.1, 0.15) is 43.0 Å². The smallest absolute Gasteiger partial charge is 0.224 e. The molecule has 3 nitrogen and oxygen atoms in total. The van der Waals surface area contributed by atoms with E-state index in [1.165, 1.54) is 5.56 Å². The van der Waals surface area contributed by atoms with Gasteiger partial charge in [-0.1, -0.05) is 50.2 Å². The fourth-order valence-corrected chi connectivity index (χ4v) is 2.58. The molecule has 1 atom stereocenters. The van der Waals surface area contributed by atoms with Gasteiger partial charge in [0.1, 0.15) is 5.75 Å². The van der Waals surface area contributed by atoms with Gasteiger partial charge in [-0.15, -0.1) is 0 Å². The number of hydrogen-bond donors (Lipinski definition) is 1. The molecule has 0 bridgehead atoms. The molecule has 1 amide bonds. The largest absolute Gasteiger partial charge is 0.497 e. The van der Waals surface area contributed by atoms with Crippen LogP contribution in [0.25, 0.3) is 0 Å². The fourth-order valence-electron chi connectivity index (χ4n) is 2.58. The molecule has 122 valence electrons. The number of hydrogen-bond acceptors (Lipinski definition) is 2. The third-order valence-corrected chi connectivity index (χ3v) is 4.06. The topological polar surface area (TPSA) is 38.3 Å². The van der Waals surface area contributed by atoms with Crippen molar-refractivity contribution in [1.29, 1.82) is 0 Å². The van der Waals surface area contributed by atoms with Gasteiger partial charge in [0.2, 0.25) is 5.91 Å². The van der Waals surface area contributed by atoms with Crippen molar-refractivity contribution in [3.63, 3.8) is 0 Å². The van der Waals surface area contributed by atoms with Crippen LogP contribution in [0.5, 0.6) is 5.75 Å². The summed E-state index contributed by atoms with van der Waals surface area (Å²) in [5.74, 6) is 0.878. The van der Waals surface area contributed by atoms with Crippen LogP contribution in [0.4, 0.5) is 0 Å². The number of carbonyl (C=O) groups excluding carboxylic acids is 1. The van der Waals surface area contributed by atoms with Crippen LogP contribution in [0.2, 0.25) is 0 Å². The Bertz CT molecular complexity index is 617. The van der Waals surface area contributed by atoms with Crippen molar-refractivity contribution in [2.45, 2.75) is 39.2 Å². The third kappa shape index (κ3) is 4.85. The van der Waals surface area contributed by atoms with E-state index >= 15 is 0 Å². The first-order chi connectivity index (χ1) is 11.2. The van der Waals surface area contributed by atoms with Gasteiger partial charge in [-0.3, -0.25) is 4.79 Å². The highest BCUT2D eigenvalue weighted by Crippen LogP contribution is 2.20. The second-order valence-corrected chi connectivity index (χ2v) is 5.65. The van der Waals surface area contributed by atoms with E-state index < -0.39 is 0 Å². The highest BCUT2D eigenvalue weighted by atomic mass is 16.5. The standard InChI is InChI=1S/C20H25NO2/c1-4-15-6-8-16(9-7-15)14-20(22)21-19(5-2)17-10-12-18(23-3)13-11-17/h6-13,19H,4-5,14H2,1-3H3,(H,21,22)/t19-/m1/s1. The molecule has 0 aliphatic rings. The maximum absolute atomic E-state index is 12.3. The van der Waals surface area contributed by atoms with E-state index in [0.29, 0.717) is 6.42 Å². The highest BCUT2D eigenvalue weighted by molar-refractivity contribution is 5.79. The number of benzene rings is 2. The van der Waals surface area contributed by atoms with Crippen molar-refractivity contribution in [3.8, 4) is 5.75 Å². The lowest BCUT2D eigenvalue weighted by Gasteiger charge is -2.18. The van der Waals surface area contributed by atoms with Crippen LogP contribution in [-0.2, 0) is 17.6 Å². The summed E-state index contributed by atoms with van der Waals surface area (Å²) in [6.45, 7) is 4.20. The fraction of sp³-hybridized carbons (Fsp3) is 0.350. The second kappa shape index (κ2) is 8.37. The van der Waals surface area contributed by atoms with Gasteiger partial charge in [0.15, 0.2) is 0 Å². The molecule has 0 aliphatic heterocycles. The Labute approximate surface area is 138 Å². The zero-order chi connectivity index (χ0) is 16.7. The van der Waals surface area contributed by atoms with Crippen LogP contribution < -0.4 is 10.1 Å². The van der Waals surface area contributed by atoms with E-state index in [4.69, 9.17) is 4.74 Å². The summed E-state index contributed by atoms with van der Waals surface area (Å²) in [6.07, 6.45) is 2.28. The molecular formula is C20H25NO2. The molecule has 0 aromatic heterocycles. The molecule has 0 fully saturated rings. The number of carbonyl (C=O) groups is 1. The number of ether oxygens (including phenoxy) is 1. The molecule has 0 spiro atoms. The highest BCUT2D eigenvalue weighted by Gasteiger charge is 2.13. The molecule has 0 saturated heterocycles. The Morgan fingerprint density at radius 2 is 1.61 bits per heavy atom. The van der Waals surface area contributed by atoms with E-state index in [2.05, 4.69) is 31.3 Å². The normalized spacial score (nSPS) is 11.8. The predicted octanol–water partition coefficient (Wildman–Crippen LogP) is 4.07. The Morgan fingerprint density at radius 3 is 2.13 bits per heavy atom. The van der Waals surface area contributed by atoms with E-state index in [-0.39, 0.29) is 11.9 Å². The summed E-state index contributed by atoms with van der Waals surface area (Å²) in [4.78, 5) is 12.3. The number of aryl methyl sites for hydroxylation is 1. The first-order valence-corrected chi connectivity index (χ1v) is 8.17. The van der Waals surface area contributed by atoms with Gasteiger partial charge < -0.3 is 10.1 Å². The molecule has 0 unspecified atom stereocenters. The Balaban J connectivity index is 1.97. The first kappa shape index (κ1) is 17.1. The average molecular weight is 311 g/mol. The van der Waals surface area contributed by atoms with E-state index in [1.807, 2.05) is 36.4 Å². The molecule has 1 N–H and O–H groups in total. The van der Waals surface area contributed by atoms with Crippen molar-refractivity contribution in [1.82, 2.24) is 5.32 Å². The Hall–Kier alpha value is -2.29. The lowest BCUT2D eigenvalue weighted by atomic mass is 10.0. The summed E-state index contributed by atoms with van der Waals surface area (Å²) in [5, 5.41) is 3.12. The van der Waals surface area contributed by atoms with Crippen LogP contribution >= 0.6 is 0 Å². The summed E-state index contributed by atoms with van der Waals surface area (Å²) >= 11 is 0. The number of nitrogens with one attached hydrogen (secondary N) is 1. The molecular weight excluding hydrogens is 286 g/mol. The summed E-state index contributed by atoms with van der Waals surface area (Å²) < 4.78 is 5.17. The molecule has 23 heavy (non-hydrogen) atoms. The van der Waals surface area contributed by atoms with Crippen molar-refractivity contribution in [3.05, 3.63) is 65.2 Å². The molecule has 2 rings (SSSR count). The third-order valence-electron chi connectivity index (χ3n) is 4.06. The van der Waals surface area contributed by atoms with Crippen LogP contribution in [0.3, 0.4) is 0 Å². The SMILES string of the molecule is CCc1ccc(CC(=O)N[C@H](CC)c2ccc(OC)cc2)cc1.